The smallest absolute Gasteiger partial charge is 0.333 e. The van der Waals surface area contributed by atoms with Crippen molar-refractivity contribution >= 4 is 0 Å². The predicted molar refractivity (Wildman–Crippen MR) is 101 cm³/mol. The van der Waals surface area contributed by atoms with Crippen molar-refractivity contribution in [2.75, 3.05) is 6.61 Å². The zero-order valence-corrected chi connectivity index (χ0v) is 15.8. The van der Waals surface area contributed by atoms with E-state index in [9.17, 15) is 13.6 Å². The van der Waals surface area contributed by atoms with Gasteiger partial charge in [0.2, 0.25) is 0 Å². The summed E-state index contributed by atoms with van der Waals surface area (Å²) in [6, 6.07) is 10.0. The normalized spacial score (nSPS) is 19.0. The van der Waals surface area contributed by atoms with Crippen molar-refractivity contribution in [1.29, 1.82) is 0 Å². The second-order valence-electron chi connectivity index (χ2n) is 7.11. The molecule has 30 heavy (non-hydrogen) atoms. The monoisotopic (exact) mass is 410 g/mol. The number of halogens is 2. The van der Waals surface area contributed by atoms with Crippen LogP contribution in [-0.2, 0) is 10.3 Å². The van der Waals surface area contributed by atoms with Crippen molar-refractivity contribution in [1.82, 2.24) is 29.3 Å². The summed E-state index contributed by atoms with van der Waals surface area (Å²) < 4.78 is 37.7. The topological polar surface area (TPSA) is 83.1 Å². The summed E-state index contributed by atoms with van der Waals surface area (Å²) in [6.07, 6.45) is 4.75. The molecule has 2 atom stereocenters. The third-order valence-electron chi connectivity index (χ3n) is 5.48. The van der Waals surface area contributed by atoms with E-state index in [4.69, 9.17) is 4.74 Å². The molecule has 1 fully saturated rings. The van der Waals surface area contributed by atoms with Crippen LogP contribution in [0, 0.1) is 11.6 Å². The van der Waals surface area contributed by atoms with Crippen LogP contribution in [0.1, 0.15) is 18.5 Å². The first kappa shape index (κ1) is 18.4. The second kappa shape index (κ2) is 6.70. The molecule has 3 heterocycles. The van der Waals surface area contributed by atoms with E-state index < -0.39 is 23.3 Å². The SMILES string of the molecule is C[C@@H](n1ccn(-c2ccc(-n3cnnn3)cc2)c1=O)[C@]1(c2ccc(F)cc2F)CO1. The minimum Gasteiger partial charge on any atom is -0.362 e. The van der Waals surface area contributed by atoms with Crippen molar-refractivity contribution in [3.8, 4) is 11.4 Å². The molecule has 1 aliphatic rings. The minimum atomic E-state index is -1.00. The number of epoxide rings is 1. The summed E-state index contributed by atoms with van der Waals surface area (Å²) in [6.45, 7) is 2.03. The van der Waals surface area contributed by atoms with Crippen molar-refractivity contribution in [3.63, 3.8) is 0 Å². The molecule has 2 aromatic heterocycles. The van der Waals surface area contributed by atoms with Crippen LogP contribution in [0.4, 0.5) is 8.78 Å². The lowest BCUT2D eigenvalue weighted by molar-refractivity contribution is 0.222. The van der Waals surface area contributed by atoms with E-state index in [0.29, 0.717) is 5.69 Å². The van der Waals surface area contributed by atoms with Gasteiger partial charge in [0.15, 0.2) is 0 Å². The molecule has 0 spiro atoms. The number of benzene rings is 2. The average Bonchev–Trinajstić information content (AvgIpc) is 3.18. The summed E-state index contributed by atoms with van der Waals surface area (Å²) in [7, 11) is 0. The molecule has 2 aromatic carbocycles. The molecule has 152 valence electrons. The van der Waals surface area contributed by atoms with Gasteiger partial charge in [0.25, 0.3) is 0 Å². The maximum absolute atomic E-state index is 14.4. The Bertz CT molecular complexity index is 1260. The first-order valence-corrected chi connectivity index (χ1v) is 9.22. The van der Waals surface area contributed by atoms with Crippen molar-refractivity contribution in [2.24, 2.45) is 0 Å². The van der Waals surface area contributed by atoms with Crippen LogP contribution in [-0.4, -0.2) is 35.9 Å². The zero-order valence-electron chi connectivity index (χ0n) is 15.8. The lowest BCUT2D eigenvalue weighted by Crippen LogP contribution is -2.32. The Morgan fingerprint density at radius 3 is 2.47 bits per heavy atom. The highest BCUT2D eigenvalue weighted by Gasteiger charge is 2.54. The highest BCUT2D eigenvalue weighted by atomic mass is 19.1. The first-order valence-electron chi connectivity index (χ1n) is 9.22. The number of nitrogens with zero attached hydrogens (tertiary/aromatic N) is 6. The third-order valence-corrected chi connectivity index (χ3v) is 5.48. The minimum absolute atomic E-state index is 0.238. The Labute approximate surface area is 168 Å². The number of rotatable bonds is 5. The van der Waals surface area contributed by atoms with E-state index in [-0.39, 0.29) is 17.9 Å². The fourth-order valence-corrected chi connectivity index (χ4v) is 3.68. The maximum atomic E-state index is 14.4. The summed E-state index contributed by atoms with van der Waals surface area (Å²) >= 11 is 0. The van der Waals surface area contributed by atoms with Crippen LogP contribution >= 0.6 is 0 Å². The third kappa shape index (κ3) is 2.84. The number of imidazole rings is 1. The standard InChI is InChI=1S/C20H16F2N6O2/c1-13(20(11-30-20)17-7-2-14(21)10-18(17)22)26-8-9-27(19(26)29)15-3-5-16(6-4-15)28-12-23-24-25-28/h2-10,12-13H,11H2,1H3/t13-,20+/m1/s1. The van der Waals surface area contributed by atoms with E-state index >= 15 is 0 Å². The number of hydrogen-bond donors (Lipinski definition) is 0. The Morgan fingerprint density at radius 1 is 1.10 bits per heavy atom. The summed E-state index contributed by atoms with van der Waals surface area (Å²) in [5.74, 6) is -1.35. The van der Waals surface area contributed by atoms with Gasteiger partial charge in [0, 0.05) is 24.0 Å². The van der Waals surface area contributed by atoms with Crippen molar-refractivity contribution in [3.05, 3.63) is 88.9 Å². The van der Waals surface area contributed by atoms with E-state index in [1.807, 2.05) is 0 Å². The van der Waals surface area contributed by atoms with Crippen LogP contribution in [0.2, 0.25) is 0 Å². The molecule has 0 aliphatic carbocycles. The van der Waals surface area contributed by atoms with Crippen LogP contribution in [0.25, 0.3) is 11.4 Å². The zero-order chi connectivity index (χ0) is 20.9. The van der Waals surface area contributed by atoms with Crippen molar-refractivity contribution < 1.29 is 13.5 Å². The van der Waals surface area contributed by atoms with Gasteiger partial charge in [0.05, 0.1) is 24.0 Å². The van der Waals surface area contributed by atoms with E-state index in [1.165, 1.54) is 32.3 Å². The largest absolute Gasteiger partial charge is 0.362 e. The molecule has 0 N–H and O–H groups in total. The molecule has 8 nitrogen and oxygen atoms in total. The molecule has 1 saturated heterocycles. The molecule has 1 aliphatic heterocycles. The fraction of sp³-hybridized carbons (Fsp3) is 0.200. The fourth-order valence-electron chi connectivity index (χ4n) is 3.68. The molecule has 5 rings (SSSR count). The molecule has 0 unspecified atom stereocenters. The summed E-state index contributed by atoms with van der Waals surface area (Å²) in [4.78, 5) is 13.0. The summed E-state index contributed by atoms with van der Waals surface area (Å²) in [5, 5.41) is 11.0. The molecular weight excluding hydrogens is 394 g/mol. The van der Waals surface area contributed by atoms with Gasteiger partial charge < -0.3 is 4.74 Å². The van der Waals surface area contributed by atoms with Gasteiger partial charge in [0.1, 0.15) is 23.6 Å². The molecule has 0 radical (unpaired) electrons. The highest BCUT2D eigenvalue weighted by Crippen LogP contribution is 2.48. The molecule has 0 bridgehead atoms. The number of aromatic nitrogens is 6. The molecule has 10 heteroatoms. The van der Waals surface area contributed by atoms with Gasteiger partial charge in [-0.05, 0) is 47.7 Å². The van der Waals surface area contributed by atoms with Gasteiger partial charge in [-0.3, -0.25) is 9.13 Å². The van der Waals surface area contributed by atoms with E-state index in [2.05, 4.69) is 15.5 Å². The van der Waals surface area contributed by atoms with Crippen LogP contribution in [0.15, 0.2) is 66.0 Å². The number of tetrazole rings is 1. The average molecular weight is 410 g/mol. The molecular formula is C20H16F2N6O2. The highest BCUT2D eigenvalue weighted by molar-refractivity contribution is 5.41. The molecule has 4 aromatic rings. The lowest BCUT2D eigenvalue weighted by atomic mass is 9.92. The second-order valence-corrected chi connectivity index (χ2v) is 7.11. The van der Waals surface area contributed by atoms with Crippen LogP contribution < -0.4 is 5.69 Å². The number of hydrogen-bond acceptors (Lipinski definition) is 5. The lowest BCUT2D eigenvalue weighted by Gasteiger charge is -2.22. The van der Waals surface area contributed by atoms with Crippen LogP contribution in [0.3, 0.4) is 0 Å². The van der Waals surface area contributed by atoms with E-state index in [1.54, 1.807) is 43.6 Å². The first-order chi connectivity index (χ1) is 14.5. The Morgan fingerprint density at radius 2 is 1.83 bits per heavy atom. The molecule has 0 saturated carbocycles. The van der Waals surface area contributed by atoms with Gasteiger partial charge >= 0.3 is 5.69 Å². The van der Waals surface area contributed by atoms with Gasteiger partial charge in [-0.2, -0.15) is 0 Å². The van der Waals surface area contributed by atoms with Gasteiger partial charge in [-0.25, -0.2) is 18.3 Å². The van der Waals surface area contributed by atoms with Gasteiger partial charge in [-0.1, -0.05) is 6.07 Å². The van der Waals surface area contributed by atoms with E-state index in [0.717, 1.165) is 11.8 Å². The van der Waals surface area contributed by atoms with Crippen molar-refractivity contribution in [2.45, 2.75) is 18.6 Å². The Kier molecular flexibility index (Phi) is 4.10. The quantitative estimate of drug-likeness (QED) is 0.472. The Balaban J connectivity index is 1.47. The predicted octanol–water partition coefficient (Wildman–Crippen LogP) is 2.38. The molecule has 0 amide bonds. The Hall–Kier alpha value is -3.66. The number of ether oxygens (including phenoxy) is 1. The van der Waals surface area contributed by atoms with Crippen LogP contribution in [0.5, 0.6) is 0 Å². The maximum Gasteiger partial charge on any atom is 0.333 e. The summed E-state index contributed by atoms with van der Waals surface area (Å²) in [5.41, 5.74) is 0.345. The van der Waals surface area contributed by atoms with Gasteiger partial charge in [-0.15, -0.1) is 5.10 Å².